The number of carbonyl (C=O) groups excluding carboxylic acids is 2. The molecule has 0 aliphatic carbocycles. The zero-order valence-electron chi connectivity index (χ0n) is 17.1. The summed E-state index contributed by atoms with van der Waals surface area (Å²) in [6, 6.07) is 14.6. The molecule has 30 heavy (non-hydrogen) atoms. The van der Waals surface area contributed by atoms with Crippen LogP contribution >= 0.6 is 11.6 Å². The Morgan fingerprint density at radius 1 is 1.00 bits per heavy atom. The molecule has 1 heterocycles. The van der Waals surface area contributed by atoms with Gasteiger partial charge in [0.15, 0.2) is 0 Å². The van der Waals surface area contributed by atoms with E-state index in [1.165, 1.54) is 9.47 Å². The zero-order valence-corrected chi connectivity index (χ0v) is 17.9. The Morgan fingerprint density at radius 2 is 1.63 bits per heavy atom. The van der Waals surface area contributed by atoms with Crippen LogP contribution in [0.3, 0.4) is 0 Å². The van der Waals surface area contributed by atoms with Crippen LogP contribution in [-0.4, -0.2) is 38.9 Å². The maximum Gasteiger partial charge on any atom is 0.329 e. The Hall–Kier alpha value is -3.06. The van der Waals surface area contributed by atoms with E-state index in [2.05, 4.69) is 5.32 Å². The van der Waals surface area contributed by atoms with Crippen LogP contribution < -0.4 is 11.0 Å². The SMILES string of the molecule is CCN(CC(=O)NCc1ccc(Cl)cc1)C(=O)Cn1c(=O)n(CC)c2ccccc21. The van der Waals surface area contributed by atoms with Crippen molar-refractivity contribution in [3.05, 3.63) is 69.6 Å². The first-order valence-electron chi connectivity index (χ1n) is 9.91. The molecule has 0 unspecified atom stereocenters. The van der Waals surface area contributed by atoms with Crippen molar-refractivity contribution in [3.63, 3.8) is 0 Å². The van der Waals surface area contributed by atoms with Gasteiger partial charge in [-0.15, -0.1) is 0 Å². The standard InChI is InChI=1S/C22H25ClN4O3/c1-3-25(14-20(28)24-13-16-9-11-17(23)12-10-16)21(29)15-27-19-8-6-5-7-18(19)26(4-2)22(27)30/h5-12H,3-4,13-15H2,1-2H3,(H,24,28). The molecule has 0 radical (unpaired) electrons. The Morgan fingerprint density at radius 3 is 2.23 bits per heavy atom. The summed E-state index contributed by atoms with van der Waals surface area (Å²) in [5, 5.41) is 3.44. The molecule has 0 bridgehead atoms. The summed E-state index contributed by atoms with van der Waals surface area (Å²) in [5.41, 5.74) is 2.19. The molecule has 0 saturated heterocycles. The molecule has 0 fully saturated rings. The smallest absolute Gasteiger partial charge is 0.329 e. The summed E-state index contributed by atoms with van der Waals surface area (Å²) in [6.45, 7) is 4.77. The van der Waals surface area contributed by atoms with E-state index in [9.17, 15) is 14.4 Å². The number of aromatic nitrogens is 2. The van der Waals surface area contributed by atoms with Crippen molar-refractivity contribution in [2.75, 3.05) is 13.1 Å². The highest BCUT2D eigenvalue weighted by atomic mass is 35.5. The van der Waals surface area contributed by atoms with Gasteiger partial charge in [0.05, 0.1) is 17.6 Å². The highest BCUT2D eigenvalue weighted by Gasteiger charge is 2.19. The minimum atomic E-state index is -0.278. The molecule has 7 nitrogen and oxygen atoms in total. The minimum Gasteiger partial charge on any atom is -0.350 e. The van der Waals surface area contributed by atoms with Crippen molar-refractivity contribution >= 4 is 34.4 Å². The molecule has 1 N–H and O–H groups in total. The van der Waals surface area contributed by atoms with Gasteiger partial charge in [-0.3, -0.25) is 18.7 Å². The fourth-order valence-electron chi connectivity index (χ4n) is 3.37. The van der Waals surface area contributed by atoms with Crippen LogP contribution in [0.4, 0.5) is 0 Å². The monoisotopic (exact) mass is 428 g/mol. The van der Waals surface area contributed by atoms with Crippen molar-refractivity contribution in [1.29, 1.82) is 0 Å². The first-order valence-corrected chi connectivity index (χ1v) is 10.3. The van der Waals surface area contributed by atoms with Crippen molar-refractivity contribution in [3.8, 4) is 0 Å². The molecule has 1 aromatic heterocycles. The van der Waals surface area contributed by atoms with E-state index in [0.717, 1.165) is 11.1 Å². The maximum absolute atomic E-state index is 12.8. The molecule has 0 spiro atoms. The number of hydrogen-bond acceptors (Lipinski definition) is 3. The summed E-state index contributed by atoms with van der Waals surface area (Å²) in [7, 11) is 0. The lowest BCUT2D eigenvalue weighted by Crippen LogP contribution is -2.42. The van der Waals surface area contributed by atoms with E-state index in [4.69, 9.17) is 11.6 Å². The number of halogens is 1. The van der Waals surface area contributed by atoms with Crippen LogP contribution in [0.1, 0.15) is 19.4 Å². The van der Waals surface area contributed by atoms with Gasteiger partial charge in [0.1, 0.15) is 6.54 Å². The van der Waals surface area contributed by atoms with Gasteiger partial charge in [-0.2, -0.15) is 0 Å². The number of nitrogens with zero attached hydrogens (tertiary/aromatic N) is 3. The summed E-state index contributed by atoms with van der Waals surface area (Å²) in [4.78, 5) is 39.4. The zero-order chi connectivity index (χ0) is 21.7. The molecule has 0 atom stereocenters. The summed E-state index contributed by atoms with van der Waals surface area (Å²) < 4.78 is 3.10. The van der Waals surface area contributed by atoms with Gasteiger partial charge < -0.3 is 10.2 Å². The average Bonchev–Trinajstić information content (AvgIpc) is 3.02. The minimum absolute atomic E-state index is 0.0654. The number of fused-ring (bicyclic) bond motifs is 1. The third-order valence-electron chi connectivity index (χ3n) is 5.01. The molecule has 3 aromatic rings. The second-order valence-electron chi connectivity index (χ2n) is 6.91. The topological polar surface area (TPSA) is 76.3 Å². The molecule has 8 heteroatoms. The molecule has 2 aromatic carbocycles. The van der Waals surface area contributed by atoms with Crippen molar-refractivity contribution in [1.82, 2.24) is 19.4 Å². The number of likely N-dealkylation sites (N-methyl/N-ethyl adjacent to an activating group) is 1. The number of hydrogen-bond donors (Lipinski definition) is 1. The Balaban J connectivity index is 1.67. The first kappa shape index (κ1) is 21.6. The summed E-state index contributed by atoms with van der Waals surface area (Å²) >= 11 is 5.86. The predicted molar refractivity (Wildman–Crippen MR) is 117 cm³/mol. The maximum atomic E-state index is 12.8. The highest BCUT2D eigenvalue weighted by molar-refractivity contribution is 6.30. The normalized spacial score (nSPS) is 10.9. The van der Waals surface area contributed by atoms with Gasteiger partial charge in [-0.1, -0.05) is 35.9 Å². The fourth-order valence-corrected chi connectivity index (χ4v) is 3.50. The van der Waals surface area contributed by atoms with Gasteiger partial charge in [-0.25, -0.2) is 4.79 Å². The largest absolute Gasteiger partial charge is 0.350 e. The number of amides is 2. The fraction of sp³-hybridized carbons (Fsp3) is 0.318. The van der Waals surface area contributed by atoms with Gasteiger partial charge in [-0.05, 0) is 43.7 Å². The van der Waals surface area contributed by atoms with Crippen molar-refractivity contribution < 1.29 is 9.59 Å². The molecular weight excluding hydrogens is 404 g/mol. The lowest BCUT2D eigenvalue weighted by molar-refractivity contribution is -0.136. The van der Waals surface area contributed by atoms with E-state index in [1.807, 2.05) is 50.2 Å². The van der Waals surface area contributed by atoms with E-state index in [1.54, 1.807) is 16.7 Å². The third kappa shape index (κ3) is 4.74. The van der Waals surface area contributed by atoms with Crippen LogP contribution in [0.25, 0.3) is 11.0 Å². The lowest BCUT2D eigenvalue weighted by atomic mass is 10.2. The van der Waals surface area contributed by atoms with Gasteiger partial charge in [0, 0.05) is 24.7 Å². The Bertz CT molecular complexity index is 1100. The Labute approximate surface area is 179 Å². The molecule has 0 aliphatic heterocycles. The highest BCUT2D eigenvalue weighted by Crippen LogP contribution is 2.13. The second-order valence-corrected chi connectivity index (χ2v) is 7.35. The lowest BCUT2D eigenvalue weighted by Gasteiger charge is -2.20. The second kappa shape index (κ2) is 9.63. The van der Waals surface area contributed by atoms with Gasteiger partial charge in [0.25, 0.3) is 0 Å². The third-order valence-corrected chi connectivity index (χ3v) is 5.26. The van der Waals surface area contributed by atoms with Crippen LogP contribution in [-0.2, 0) is 29.2 Å². The molecule has 158 valence electrons. The molecule has 0 aliphatic rings. The molecular formula is C22H25ClN4O3. The number of benzene rings is 2. The van der Waals surface area contributed by atoms with Crippen LogP contribution in [0, 0.1) is 0 Å². The summed E-state index contributed by atoms with van der Waals surface area (Å²) in [5.74, 6) is -0.538. The summed E-state index contributed by atoms with van der Waals surface area (Å²) in [6.07, 6.45) is 0. The van der Waals surface area contributed by atoms with Gasteiger partial charge >= 0.3 is 5.69 Å². The Kier molecular flexibility index (Phi) is 6.95. The average molecular weight is 429 g/mol. The van der Waals surface area contributed by atoms with Crippen LogP contribution in [0.15, 0.2) is 53.3 Å². The number of carbonyl (C=O) groups is 2. The van der Waals surface area contributed by atoms with E-state index < -0.39 is 0 Å². The van der Waals surface area contributed by atoms with Crippen molar-refractivity contribution in [2.45, 2.75) is 33.5 Å². The number of imidazole rings is 1. The molecule has 0 saturated carbocycles. The first-order chi connectivity index (χ1) is 14.4. The van der Waals surface area contributed by atoms with E-state index in [0.29, 0.717) is 30.2 Å². The van der Waals surface area contributed by atoms with E-state index >= 15 is 0 Å². The van der Waals surface area contributed by atoms with Crippen molar-refractivity contribution in [2.24, 2.45) is 0 Å². The quantitative estimate of drug-likeness (QED) is 0.599. The number of rotatable bonds is 8. The van der Waals surface area contributed by atoms with Crippen LogP contribution in [0.5, 0.6) is 0 Å². The molecule has 2 amide bonds. The van der Waals surface area contributed by atoms with Crippen LogP contribution in [0.2, 0.25) is 5.02 Å². The number of aryl methyl sites for hydroxylation is 1. The van der Waals surface area contributed by atoms with E-state index in [-0.39, 0.29) is 30.6 Å². The van der Waals surface area contributed by atoms with Gasteiger partial charge in [0.2, 0.25) is 11.8 Å². The number of nitrogens with one attached hydrogen (secondary N) is 1. The predicted octanol–water partition coefficient (Wildman–Crippen LogP) is 2.64. The number of para-hydroxylation sites is 2. The molecule has 3 rings (SSSR count).